The van der Waals surface area contributed by atoms with Crippen molar-refractivity contribution in [1.29, 1.82) is 0 Å². The van der Waals surface area contributed by atoms with E-state index in [4.69, 9.17) is 21.1 Å². The van der Waals surface area contributed by atoms with Crippen LogP contribution in [0.3, 0.4) is 0 Å². The van der Waals surface area contributed by atoms with Crippen molar-refractivity contribution in [3.05, 3.63) is 63.9 Å². The number of pyridine rings is 1. The van der Waals surface area contributed by atoms with Gasteiger partial charge >= 0.3 is 11.9 Å². The Kier molecular flexibility index (Phi) is 5.04. The van der Waals surface area contributed by atoms with Crippen LogP contribution in [0.4, 0.5) is 0 Å². The van der Waals surface area contributed by atoms with Crippen molar-refractivity contribution in [3.63, 3.8) is 0 Å². The first-order chi connectivity index (χ1) is 12.0. The molecule has 3 rings (SSSR count). The van der Waals surface area contributed by atoms with E-state index in [1.165, 1.54) is 7.11 Å². The van der Waals surface area contributed by atoms with Gasteiger partial charge in [-0.3, -0.25) is 9.78 Å². The van der Waals surface area contributed by atoms with Gasteiger partial charge in [0.15, 0.2) is 0 Å². The van der Waals surface area contributed by atoms with Gasteiger partial charge in [0.05, 0.1) is 23.6 Å². The Labute approximate surface area is 150 Å². The Morgan fingerprint density at radius 2 is 2.12 bits per heavy atom. The molecule has 0 unspecified atom stereocenters. The number of esters is 2. The summed E-state index contributed by atoms with van der Waals surface area (Å²) in [4.78, 5) is 27.9. The maximum atomic E-state index is 12.2. The van der Waals surface area contributed by atoms with Crippen molar-refractivity contribution < 1.29 is 19.1 Å². The molecular weight excluding hydrogens is 342 g/mol. The lowest BCUT2D eigenvalue weighted by molar-refractivity contribution is -0.146. The number of hydrogen-bond acceptors (Lipinski definition) is 5. The van der Waals surface area contributed by atoms with Gasteiger partial charge in [-0.1, -0.05) is 23.7 Å². The molecule has 2 aromatic rings. The van der Waals surface area contributed by atoms with E-state index < -0.39 is 5.97 Å². The molecule has 0 radical (unpaired) electrons. The zero-order valence-electron chi connectivity index (χ0n) is 14.0. The van der Waals surface area contributed by atoms with Gasteiger partial charge in [-0.15, -0.1) is 0 Å². The predicted octanol–water partition coefficient (Wildman–Crippen LogP) is 3.68. The standard InChI is InChI=1S/C19H18ClNO4/c1-11-3-4-12(7-14(11)18(22)24-2)10-25-19(23)16-8-15(16)13-5-6-21-9-17(13)20/h3-7,9,15-16H,8,10H2,1-2H3/t15-,16+/m0/s1. The van der Waals surface area contributed by atoms with Gasteiger partial charge in [0.1, 0.15) is 6.61 Å². The number of ether oxygens (including phenoxy) is 2. The Morgan fingerprint density at radius 1 is 1.32 bits per heavy atom. The molecule has 0 aliphatic heterocycles. The lowest BCUT2D eigenvalue weighted by Gasteiger charge is -2.09. The van der Waals surface area contributed by atoms with E-state index >= 15 is 0 Å². The molecule has 1 fully saturated rings. The summed E-state index contributed by atoms with van der Waals surface area (Å²) in [7, 11) is 1.34. The second-order valence-electron chi connectivity index (χ2n) is 6.09. The van der Waals surface area contributed by atoms with Crippen LogP contribution in [-0.4, -0.2) is 24.0 Å². The highest BCUT2D eigenvalue weighted by Gasteiger charge is 2.46. The summed E-state index contributed by atoms with van der Waals surface area (Å²) in [5.74, 6) is -0.740. The lowest BCUT2D eigenvalue weighted by Crippen LogP contribution is -2.09. The molecule has 1 aliphatic carbocycles. The number of nitrogens with zero attached hydrogens (tertiary/aromatic N) is 1. The molecular formula is C19H18ClNO4. The average molecular weight is 360 g/mol. The van der Waals surface area contributed by atoms with Crippen LogP contribution in [0.5, 0.6) is 0 Å². The van der Waals surface area contributed by atoms with E-state index in [-0.39, 0.29) is 24.4 Å². The second kappa shape index (κ2) is 7.23. The molecule has 0 bridgehead atoms. The summed E-state index contributed by atoms with van der Waals surface area (Å²) in [6, 6.07) is 7.17. The first-order valence-electron chi connectivity index (χ1n) is 7.95. The van der Waals surface area contributed by atoms with Crippen LogP contribution < -0.4 is 0 Å². The van der Waals surface area contributed by atoms with Crippen LogP contribution in [0.15, 0.2) is 36.7 Å². The van der Waals surface area contributed by atoms with Crippen LogP contribution in [0.1, 0.15) is 39.4 Å². The summed E-state index contributed by atoms with van der Waals surface area (Å²) in [6.45, 7) is 1.95. The summed E-state index contributed by atoms with van der Waals surface area (Å²) >= 11 is 6.12. The largest absolute Gasteiger partial charge is 0.465 e. The third-order valence-corrected chi connectivity index (χ3v) is 4.70. The number of halogens is 1. The Hall–Kier alpha value is -2.40. The number of carbonyl (C=O) groups excluding carboxylic acids is 2. The quantitative estimate of drug-likeness (QED) is 0.762. The Balaban J connectivity index is 1.61. The number of benzene rings is 1. The van der Waals surface area contributed by atoms with Gasteiger partial charge in [0.25, 0.3) is 0 Å². The molecule has 130 valence electrons. The van der Waals surface area contributed by atoms with E-state index in [0.717, 1.165) is 23.1 Å². The van der Waals surface area contributed by atoms with Crippen LogP contribution in [0, 0.1) is 12.8 Å². The molecule has 25 heavy (non-hydrogen) atoms. The summed E-state index contributed by atoms with van der Waals surface area (Å²) in [6.07, 6.45) is 3.98. The van der Waals surface area contributed by atoms with Crippen LogP contribution in [-0.2, 0) is 20.9 Å². The number of aryl methyl sites for hydroxylation is 1. The summed E-state index contributed by atoms with van der Waals surface area (Å²) < 4.78 is 10.2. The molecule has 0 saturated heterocycles. The monoisotopic (exact) mass is 359 g/mol. The van der Waals surface area contributed by atoms with Gasteiger partial charge < -0.3 is 9.47 Å². The molecule has 1 aliphatic rings. The van der Waals surface area contributed by atoms with Crippen molar-refractivity contribution in [2.24, 2.45) is 5.92 Å². The number of hydrogen-bond donors (Lipinski definition) is 0. The van der Waals surface area contributed by atoms with E-state index in [1.54, 1.807) is 18.5 Å². The number of rotatable bonds is 5. The molecule has 1 aromatic heterocycles. The average Bonchev–Trinajstić information content (AvgIpc) is 3.41. The molecule has 6 heteroatoms. The van der Waals surface area contributed by atoms with Gasteiger partial charge in [-0.25, -0.2) is 4.79 Å². The smallest absolute Gasteiger partial charge is 0.338 e. The second-order valence-corrected chi connectivity index (χ2v) is 6.50. The minimum atomic E-state index is -0.403. The number of methoxy groups -OCH3 is 1. The van der Waals surface area contributed by atoms with E-state index in [2.05, 4.69) is 4.98 Å². The SMILES string of the molecule is COC(=O)c1cc(COC(=O)[C@@H]2C[C@H]2c2ccncc2Cl)ccc1C. The number of aromatic nitrogens is 1. The lowest BCUT2D eigenvalue weighted by atomic mass is 10.1. The molecule has 2 atom stereocenters. The maximum absolute atomic E-state index is 12.2. The van der Waals surface area contributed by atoms with Crippen LogP contribution in [0.25, 0.3) is 0 Å². The molecule has 0 spiro atoms. The minimum Gasteiger partial charge on any atom is -0.465 e. The van der Waals surface area contributed by atoms with E-state index in [1.807, 2.05) is 25.1 Å². The third kappa shape index (κ3) is 3.82. The van der Waals surface area contributed by atoms with E-state index in [0.29, 0.717) is 10.6 Å². The summed E-state index contributed by atoms with van der Waals surface area (Å²) in [5.41, 5.74) is 2.97. The molecule has 0 amide bonds. The zero-order chi connectivity index (χ0) is 18.0. The van der Waals surface area contributed by atoms with Gasteiger partial charge in [-0.2, -0.15) is 0 Å². The Bertz CT molecular complexity index is 821. The molecule has 0 N–H and O–H groups in total. The van der Waals surface area contributed by atoms with Gasteiger partial charge in [0.2, 0.25) is 0 Å². The molecule has 1 saturated carbocycles. The maximum Gasteiger partial charge on any atom is 0.338 e. The molecule has 1 aromatic carbocycles. The highest BCUT2D eigenvalue weighted by molar-refractivity contribution is 6.31. The van der Waals surface area contributed by atoms with Crippen LogP contribution in [0.2, 0.25) is 5.02 Å². The van der Waals surface area contributed by atoms with E-state index in [9.17, 15) is 9.59 Å². The highest BCUT2D eigenvalue weighted by atomic mass is 35.5. The molecule has 5 nitrogen and oxygen atoms in total. The van der Waals surface area contributed by atoms with Crippen molar-refractivity contribution in [2.75, 3.05) is 7.11 Å². The number of carbonyl (C=O) groups is 2. The first-order valence-corrected chi connectivity index (χ1v) is 8.33. The summed E-state index contributed by atoms with van der Waals surface area (Å²) in [5, 5.41) is 0.573. The topological polar surface area (TPSA) is 65.5 Å². The predicted molar refractivity (Wildman–Crippen MR) is 92.4 cm³/mol. The van der Waals surface area contributed by atoms with Crippen molar-refractivity contribution in [2.45, 2.75) is 25.9 Å². The molecule has 1 heterocycles. The van der Waals surface area contributed by atoms with Crippen molar-refractivity contribution >= 4 is 23.5 Å². The fourth-order valence-electron chi connectivity index (χ4n) is 2.84. The van der Waals surface area contributed by atoms with Crippen LogP contribution >= 0.6 is 11.6 Å². The van der Waals surface area contributed by atoms with Gasteiger partial charge in [0, 0.05) is 12.4 Å². The Morgan fingerprint density at radius 3 is 2.84 bits per heavy atom. The fourth-order valence-corrected chi connectivity index (χ4v) is 3.10. The normalized spacial score (nSPS) is 18.5. The van der Waals surface area contributed by atoms with Crippen molar-refractivity contribution in [3.8, 4) is 0 Å². The zero-order valence-corrected chi connectivity index (χ0v) is 14.7. The van der Waals surface area contributed by atoms with Gasteiger partial charge in [-0.05, 0) is 48.1 Å². The highest BCUT2D eigenvalue weighted by Crippen LogP contribution is 2.50. The minimum absolute atomic E-state index is 0.0895. The first kappa shape index (κ1) is 17.4. The fraction of sp³-hybridized carbons (Fsp3) is 0.316. The third-order valence-electron chi connectivity index (χ3n) is 4.38. The van der Waals surface area contributed by atoms with Crippen molar-refractivity contribution in [1.82, 2.24) is 4.98 Å².